The van der Waals surface area contributed by atoms with Gasteiger partial charge in [-0.1, -0.05) is 67.7 Å². The topological polar surface area (TPSA) is 92.7 Å². The van der Waals surface area contributed by atoms with Gasteiger partial charge in [-0.3, -0.25) is 14.4 Å². The molecule has 0 heterocycles. The number of carboxylic acids is 1. The van der Waals surface area contributed by atoms with E-state index in [2.05, 4.69) is 53.8 Å². The third-order valence-corrected chi connectivity index (χ3v) is 16.3. The molecule has 0 spiro atoms. The average Bonchev–Trinajstić information content (AvgIpc) is 3.39. The molecule has 254 valence electrons. The quantitative estimate of drug-likeness (QED) is 0.289. The van der Waals surface area contributed by atoms with Gasteiger partial charge >= 0.3 is 11.9 Å². The molecule has 0 aromatic rings. The highest BCUT2D eigenvalue weighted by Gasteiger charge is 2.72. The van der Waals surface area contributed by atoms with Crippen LogP contribution in [0.4, 0.5) is 0 Å². The largest absolute Gasteiger partial charge is 0.480 e. The molecule has 6 saturated carbocycles. The third-order valence-electron chi connectivity index (χ3n) is 16.3. The number of aliphatic carboxylic acids is 1. The first kappa shape index (κ1) is 33.3. The first-order valence-electron chi connectivity index (χ1n) is 18.8. The highest BCUT2D eigenvalue weighted by Crippen LogP contribution is 2.77. The van der Waals surface area contributed by atoms with Crippen LogP contribution in [0.25, 0.3) is 0 Å². The van der Waals surface area contributed by atoms with E-state index in [1.165, 1.54) is 32.1 Å². The van der Waals surface area contributed by atoms with Gasteiger partial charge in [0.05, 0.1) is 11.3 Å². The Kier molecular flexibility index (Phi) is 8.54. The van der Waals surface area contributed by atoms with E-state index in [-0.39, 0.29) is 52.1 Å². The molecule has 0 aliphatic heterocycles. The minimum Gasteiger partial charge on any atom is -0.480 e. The molecule has 6 fully saturated rings. The molecule has 10 atom stereocenters. The molecular weight excluding hydrogens is 562 g/mol. The second-order valence-electron chi connectivity index (χ2n) is 18.5. The number of esters is 1. The van der Waals surface area contributed by atoms with Gasteiger partial charge in [0.25, 0.3) is 0 Å². The molecule has 0 bridgehead atoms. The fraction of sp³-hybridized carbons (Fsp3) is 0.923. The molecule has 6 aliphatic rings. The lowest BCUT2D eigenvalue weighted by Gasteiger charge is -2.73. The van der Waals surface area contributed by atoms with Crippen molar-refractivity contribution in [3.8, 4) is 0 Å². The minimum atomic E-state index is -0.963. The predicted molar refractivity (Wildman–Crippen MR) is 176 cm³/mol. The van der Waals surface area contributed by atoms with E-state index in [0.717, 1.165) is 64.2 Å². The van der Waals surface area contributed by atoms with Gasteiger partial charge in [-0.05, 0) is 129 Å². The Labute approximate surface area is 273 Å². The van der Waals surface area contributed by atoms with Crippen LogP contribution >= 0.6 is 0 Å². The van der Waals surface area contributed by atoms with Crippen LogP contribution in [0.5, 0.6) is 0 Å². The van der Waals surface area contributed by atoms with Crippen molar-refractivity contribution in [3.63, 3.8) is 0 Å². The third kappa shape index (κ3) is 4.94. The zero-order valence-electron chi connectivity index (χ0n) is 29.5. The number of rotatable bonds is 6. The number of carbonyl (C=O) groups excluding carboxylic acids is 2. The van der Waals surface area contributed by atoms with E-state index in [1.807, 2.05) is 0 Å². The molecule has 6 aliphatic carbocycles. The van der Waals surface area contributed by atoms with Gasteiger partial charge in [0, 0.05) is 5.41 Å². The Hall–Kier alpha value is -1.59. The zero-order chi connectivity index (χ0) is 32.6. The number of ether oxygens (including phenoxy) is 1. The minimum absolute atomic E-state index is 0.00546. The standard InChI is InChI=1S/C39H63NO5/c1-24(2)26-15-20-39(34(44)40-23-31(41)42)22-21-37(6)27(32(26)39)13-14-29-36(5)18-17-30(45-33(43)25-11-9-8-10-12-25)35(3,4)28(36)16-19-38(29,37)7/h24-30,32H,8-23H2,1-7H3,(H,40,44)(H,41,42)/t26-,27?,28?,29?,30+,32?,36-,37+,38+,39-/m0/s1. The molecule has 0 radical (unpaired) electrons. The number of amides is 1. The SMILES string of the molecule is CC(C)[C@@H]1CC[C@]2(C(=O)NCC(=O)O)CC[C@]3(C)C(CCC4[C@@]5(C)CC[C@@H](OC(=O)C6CCCCC6)C(C)(C)C5CC[C@]43C)C12. The van der Waals surface area contributed by atoms with E-state index in [1.54, 1.807) is 0 Å². The second-order valence-corrected chi connectivity index (χ2v) is 18.5. The zero-order valence-corrected chi connectivity index (χ0v) is 29.5. The summed E-state index contributed by atoms with van der Waals surface area (Å²) < 4.78 is 6.44. The molecule has 0 aromatic carbocycles. The summed E-state index contributed by atoms with van der Waals surface area (Å²) in [6, 6.07) is 0. The van der Waals surface area contributed by atoms with Crippen molar-refractivity contribution in [1.29, 1.82) is 0 Å². The van der Waals surface area contributed by atoms with Crippen molar-refractivity contribution in [3.05, 3.63) is 0 Å². The fourth-order valence-corrected chi connectivity index (χ4v) is 13.9. The van der Waals surface area contributed by atoms with E-state index < -0.39 is 11.4 Å². The monoisotopic (exact) mass is 625 g/mol. The summed E-state index contributed by atoms with van der Waals surface area (Å²) in [5.41, 5.74) is 0.0716. The fourth-order valence-electron chi connectivity index (χ4n) is 13.9. The molecule has 2 N–H and O–H groups in total. The van der Waals surface area contributed by atoms with E-state index in [4.69, 9.17) is 4.74 Å². The van der Waals surface area contributed by atoms with Crippen LogP contribution in [0.15, 0.2) is 0 Å². The van der Waals surface area contributed by atoms with E-state index >= 15 is 0 Å². The maximum atomic E-state index is 13.9. The number of hydrogen-bond donors (Lipinski definition) is 2. The van der Waals surface area contributed by atoms with Gasteiger partial charge < -0.3 is 15.2 Å². The van der Waals surface area contributed by atoms with Crippen LogP contribution < -0.4 is 5.32 Å². The van der Waals surface area contributed by atoms with Crippen LogP contribution in [0.3, 0.4) is 0 Å². The number of carbonyl (C=O) groups is 3. The molecule has 45 heavy (non-hydrogen) atoms. The Morgan fingerprint density at radius 1 is 0.778 bits per heavy atom. The molecular formula is C39H63NO5. The van der Waals surface area contributed by atoms with Gasteiger partial charge in [0.1, 0.15) is 12.6 Å². The van der Waals surface area contributed by atoms with Crippen LogP contribution in [-0.4, -0.2) is 35.6 Å². The van der Waals surface area contributed by atoms with Gasteiger partial charge in [0.15, 0.2) is 0 Å². The van der Waals surface area contributed by atoms with Crippen LogP contribution in [-0.2, 0) is 19.1 Å². The van der Waals surface area contributed by atoms with Gasteiger partial charge in [-0.25, -0.2) is 0 Å². The normalized spacial score (nSPS) is 45.9. The Morgan fingerprint density at radius 3 is 2.16 bits per heavy atom. The predicted octanol–water partition coefficient (Wildman–Crippen LogP) is 8.42. The smallest absolute Gasteiger partial charge is 0.322 e. The summed E-state index contributed by atoms with van der Waals surface area (Å²) in [6.07, 6.45) is 16.3. The number of fused-ring (bicyclic) bond motifs is 7. The van der Waals surface area contributed by atoms with E-state index in [9.17, 15) is 19.5 Å². The lowest BCUT2D eigenvalue weighted by molar-refractivity contribution is -0.251. The summed E-state index contributed by atoms with van der Waals surface area (Å²) in [5, 5.41) is 12.2. The Morgan fingerprint density at radius 2 is 1.49 bits per heavy atom. The highest BCUT2D eigenvalue weighted by atomic mass is 16.5. The summed E-state index contributed by atoms with van der Waals surface area (Å²) in [6.45, 7) is 17.0. The van der Waals surface area contributed by atoms with Crippen molar-refractivity contribution in [1.82, 2.24) is 5.32 Å². The summed E-state index contributed by atoms with van der Waals surface area (Å²) in [5.74, 6) is 2.18. The Bertz CT molecular complexity index is 1170. The summed E-state index contributed by atoms with van der Waals surface area (Å²) in [4.78, 5) is 38.7. The Balaban J connectivity index is 1.27. The molecule has 6 nitrogen and oxygen atoms in total. The van der Waals surface area contributed by atoms with Gasteiger partial charge in [-0.15, -0.1) is 0 Å². The number of nitrogens with one attached hydrogen (secondary N) is 1. The van der Waals surface area contributed by atoms with Crippen LogP contribution in [0.1, 0.15) is 145 Å². The second kappa shape index (κ2) is 11.5. The van der Waals surface area contributed by atoms with E-state index in [0.29, 0.717) is 35.5 Å². The molecule has 0 aromatic heterocycles. The summed E-state index contributed by atoms with van der Waals surface area (Å²) >= 11 is 0. The molecule has 0 saturated heterocycles. The first-order valence-corrected chi connectivity index (χ1v) is 18.8. The van der Waals surface area contributed by atoms with Crippen molar-refractivity contribution in [2.45, 2.75) is 151 Å². The lowest BCUT2D eigenvalue weighted by atomic mass is 9.32. The highest BCUT2D eigenvalue weighted by molar-refractivity contribution is 5.86. The molecule has 4 unspecified atom stereocenters. The maximum Gasteiger partial charge on any atom is 0.322 e. The maximum absolute atomic E-state index is 13.9. The number of carboxylic acid groups (broad SMARTS) is 1. The van der Waals surface area contributed by atoms with Crippen molar-refractivity contribution >= 4 is 17.8 Å². The van der Waals surface area contributed by atoms with Crippen LogP contribution in [0.2, 0.25) is 0 Å². The van der Waals surface area contributed by atoms with Gasteiger partial charge in [-0.2, -0.15) is 0 Å². The molecule has 1 amide bonds. The summed E-state index contributed by atoms with van der Waals surface area (Å²) in [7, 11) is 0. The molecule has 6 heteroatoms. The van der Waals surface area contributed by atoms with Gasteiger partial charge in [0.2, 0.25) is 5.91 Å². The first-order chi connectivity index (χ1) is 21.1. The lowest BCUT2D eigenvalue weighted by Crippen LogP contribution is -2.67. The average molecular weight is 626 g/mol. The van der Waals surface area contributed by atoms with Crippen molar-refractivity contribution < 1.29 is 24.2 Å². The molecule has 6 rings (SSSR count). The van der Waals surface area contributed by atoms with Crippen LogP contribution in [0, 0.1) is 68.5 Å². The van der Waals surface area contributed by atoms with Crippen molar-refractivity contribution in [2.24, 2.45) is 68.5 Å². The van der Waals surface area contributed by atoms with Crippen molar-refractivity contribution in [2.75, 3.05) is 6.54 Å². The number of hydrogen-bond acceptors (Lipinski definition) is 4.